The molecule has 0 amide bonds. The average Bonchev–Trinajstić information content (AvgIpc) is 2.23. The maximum atomic E-state index is 11.8. The molecule has 0 saturated heterocycles. The normalized spacial score (nSPS) is 11.9. The molecule has 0 aromatic heterocycles. The smallest absolute Gasteiger partial charge is 0.202 e. The van der Waals surface area contributed by atoms with E-state index in [1.54, 1.807) is 0 Å². The summed E-state index contributed by atoms with van der Waals surface area (Å²) < 4.78 is 17.2. The van der Waals surface area contributed by atoms with E-state index in [1.165, 1.54) is 0 Å². The molecule has 3 nitrogen and oxygen atoms in total. The molecule has 4 heteroatoms. The van der Waals surface area contributed by atoms with E-state index < -0.39 is 7.37 Å². The van der Waals surface area contributed by atoms with E-state index >= 15 is 0 Å². The van der Waals surface area contributed by atoms with Gasteiger partial charge in [0.1, 0.15) is 0 Å². The van der Waals surface area contributed by atoms with Crippen molar-refractivity contribution in [2.45, 2.75) is 39.5 Å². The maximum Gasteiger partial charge on any atom is 0.202 e. The van der Waals surface area contributed by atoms with Gasteiger partial charge in [0.25, 0.3) is 0 Å². The number of unbranched alkanes of at least 4 members (excludes halogenated alkanes) is 3. The van der Waals surface area contributed by atoms with Crippen molar-refractivity contribution in [2.75, 3.05) is 25.5 Å². The van der Waals surface area contributed by atoms with E-state index in [2.05, 4.69) is 0 Å². The standard InChI is InChI=1S/C10H24NO2P/c1-3-14(12,4-2)13-10-8-6-5-7-9-11/h3-11H2,1-2H3. The highest BCUT2D eigenvalue weighted by molar-refractivity contribution is 7.58. The van der Waals surface area contributed by atoms with E-state index in [0.29, 0.717) is 18.9 Å². The van der Waals surface area contributed by atoms with Crippen LogP contribution in [0.25, 0.3) is 0 Å². The number of nitrogens with two attached hydrogens (primary N) is 1. The molecule has 14 heavy (non-hydrogen) atoms. The molecular formula is C10H24NO2P. The molecule has 0 bridgehead atoms. The minimum absolute atomic E-state index is 0.642. The van der Waals surface area contributed by atoms with Gasteiger partial charge in [-0.15, -0.1) is 0 Å². The summed E-state index contributed by atoms with van der Waals surface area (Å²) in [5.74, 6) is 0. The Labute approximate surface area is 87.9 Å². The Balaban J connectivity index is 3.39. The Kier molecular flexibility index (Phi) is 8.55. The molecule has 0 aliphatic heterocycles. The first-order valence-electron chi connectivity index (χ1n) is 5.61. The molecule has 0 aliphatic carbocycles. The molecule has 0 fully saturated rings. The number of rotatable bonds is 9. The van der Waals surface area contributed by atoms with E-state index in [4.69, 9.17) is 10.3 Å². The molecule has 0 heterocycles. The Morgan fingerprint density at radius 2 is 1.64 bits per heavy atom. The zero-order valence-corrected chi connectivity index (χ0v) is 10.4. The highest BCUT2D eigenvalue weighted by Crippen LogP contribution is 2.45. The Morgan fingerprint density at radius 3 is 2.14 bits per heavy atom. The monoisotopic (exact) mass is 221 g/mol. The highest BCUT2D eigenvalue weighted by Gasteiger charge is 2.16. The third kappa shape index (κ3) is 6.58. The van der Waals surface area contributed by atoms with Gasteiger partial charge in [-0.3, -0.25) is 4.57 Å². The second-order valence-corrected chi connectivity index (χ2v) is 6.64. The minimum atomic E-state index is -2.26. The first-order chi connectivity index (χ1) is 6.68. The Hall–Kier alpha value is 0.150. The van der Waals surface area contributed by atoms with E-state index in [-0.39, 0.29) is 0 Å². The van der Waals surface area contributed by atoms with Crippen molar-refractivity contribution in [1.82, 2.24) is 0 Å². The third-order valence-corrected chi connectivity index (χ3v) is 4.97. The summed E-state index contributed by atoms with van der Waals surface area (Å²) in [7, 11) is -2.26. The molecule has 0 rings (SSSR count). The van der Waals surface area contributed by atoms with Crippen molar-refractivity contribution in [3.8, 4) is 0 Å². The minimum Gasteiger partial charge on any atom is -0.330 e. The first kappa shape index (κ1) is 14.2. The Bertz CT molecular complexity index is 166. The van der Waals surface area contributed by atoms with Gasteiger partial charge in [-0.25, -0.2) is 0 Å². The van der Waals surface area contributed by atoms with Crippen LogP contribution in [0.3, 0.4) is 0 Å². The lowest BCUT2D eigenvalue weighted by molar-refractivity contribution is 0.303. The molecule has 86 valence electrons. The molecule has 0 unspecified atom stereocenters. The predicted molar refractivity (Wildman–Crippen MR) is 62.2 cm³/mol. The van der Waals surface area contributed by atoms with Crippen LogP contribution in [-0.4, -0.2) is 25.5 Å². The average molecular weight is 221 g/mol. The van der Waals surface area contributed by atoms with E-state index in [9.17, 15) is 4.57 Å². The zero-order chi connectivity index (χ0) is 10.9. The summed E-state index contributed by atoms with van der Waals surface area (Å²) in [6.45, 7) is 5.27. The van der Waals surface area contributed by atoms with E-state index in [1.807, 2.05) is 13.8 Å². The van der Waals surface area contributed by atoms with Gasteiger partial charge in [0, 0.05) is 12.3 Å². The molecule has 0 atom stereocenters. The predicted octanol–water partition coefficient (Wildman–Crippen LogP) is 2.84. The largest absolute Gasteiger partial charge is 0.330 e. The van der Waals surface area contributed by atoms with Gasteiger partial charge < -0.3 is 10.3 Å². The summed E-state index contributed by atoms with van der Waals surface area (Å²) in [5, 5.41) is 0. The highest BCUT2D eigenvalue weighted by atomic mass is 31.2. The van der Waals surface area contributed by atoms with Crippen LogP contribution in [0.4, 0.5) is 0 Å². The lowest BCUT2D eigenvalue weighted by Gasteiger charge is -2.14. The Morgan fingerprint density at radius 1 is 1.07 bits per heavy atom. The van der Waals surface area contributed by atoms with Crippen LogP contribution in [0.5, 0.6) is 0 Å². The lowest BCUT2D eigenvalue weighted by atomic mass is 10.2. The summed E-state index contributed by atoms with van der Waals surface area (Å²) in [6.07, 6.45) is 5.69. The van der Waals surface area contributed by atoms with Gasteiger partial charge in [-0.05, 0) is 19.4 Å². The molecule has 2 N–H and O–H groups in total. The number of hydrogen-bond donors (Lipinski definition) is 1. The van der Waals surface area contributed by atoms with Crippen LogP contribution in [0, 0.1) is 0 Å². The van der Waals surface area contributed by atoms with Crippen LogP contribution >= 0.6 is 7.37 Å². The van der Waals surface area contributed by atoms with E-state index in [0.717, 1.165) is 32.2 Å². The fraction of sp³-hybridized carbons (Fsp3) is 1.00. The molecule has 0 aromatic rings. The fourth-order valence-electron chi connectivity index (χ4n) is 1.24. The second kappa shape index (κ2) is 8.46. The van der Waals surface area contributed by atoms with Gasteiger partial charge in [0.2, 0.25) is 7.37 Å². The molecule has 0 aliphatic rings. The maximum absolute atomic E-state index is 11.8. The SMILES string of the molecule is CCP(=O)(CC)OCCCCCCN. The van der Waals surface area contributed by atoms with Crippen molar-refractivity contribution in [1.29, 1.82) is 0 Å². The number of hydrogen-bond acceptors (Lipinski definition) is 3. The van der Waals surface area contributed by atoms with Crippen molar-refractivity contribution >= 4 is 7.37 Å². The first-order valence-corrected chi connectivity index (χ1v) is 7.60. The van der Waals surface area contributed by atoms with Crippen LogP contribution in [-0.2, 0) is 9.09 Å². The van der Waals surface area contributed by atoms with Crippen LogP contribution < -0.4 is 5.73 Å². The van der Waals surface area contributed by atoms with Crippen molar-refractivity contribution in [3.05, 3.63) is 0 Å². The summed E-state index contributed by atoms with van der Waals surface area (Å²) in [5.41, 5.74) is 5.38. The zero-order valence-electron chi connectivity index (χ0n) is 9.50. The quantitative estimate of drug-likeness (QED) is 0.481. The van der Waals surface area contributed by atoms with Gasteiger partial charge in [-0.1, -0.05) is 26.7 Å². The van der Waals surface area contributed by atoms with Crippen LogP contribution in [0.15, 0.2) is 0 Å². The lowest BCUT2D eigenvalue weighted by Crippen LogP contribution is -2.00. The van der Waals surface area contributed by atoms with Gasteiger partial charge >= 0.3 is 0 Å². The van der Waals surface area contributed by atoms with Gasteiger partial charge in [0.05, 0.1) is 6.61 Å². The van der Waals surface area contributed by atoms with Crippen molar-refractivity contribution in [2.24, 2.45) is 5.73 Å². The van der Waals surface area contributed by atoms with Gasteiger partial charge in [-0.2, -0.15) is 0 Å². The molecule has 0 spiro atoms. The topological polar surface area (TPSA) is 52.3 Å². The third-order valence-electron chi connectivity index (χ3n) is 2.39. The molecule has 0 aromatic carbocycles. The van der Waals surface area contributed by atoms with Crippen LogP contribution in [0.2, 0.25) is 0 Å². The molecular weight excluding hydrogens is 197 g/mol. The molecule has 0 saturated carbocycles. The summed E-state index contributed by atoms with van der Waals surface area (Å²) in [4.78, 5) is 0. The fourth-order valence-corrected chi connectivity index (χ4v) is 2.51. The van der Waals surface area contributed by atoms with Crippen molar-refractivity contribution in [3.63, 3.8) is 0 Å². The molecule has 0 radical (unpaired) electrons. The van der Waals surface area contributed by atoms with Crippen molar-refractivity contribution < 1.29 is 9.09 Å². The summed E-state index contributed by atoms with van der Waals surface area (Å²) >= 11 is 0. The van der Waals surface area contributed by atoms with Gasteiger partial charge in [0.15, 0.2) is 0 Å². The second-order valence-electron chi connectivity index (χ2n) is 3.48. The summed E-state index contributed by atoms with van der Waals surface area (Å²) in [6, 6.07) is 0. The van der Waals surface area contributed by atoms with Crippen LogP contribution in [0.1, 0.15) is 39.5 Å².